The Morgan fingerprint density at radius 3 is 2.67 bits per heavy atom. The van der Waals surface area contributed by atoms with Gasteiger partial charge in [0.25, 0.3) is 0 Å². The van der Waals surface area contributed by atoms with E-state index in [4.69, 9.17) is 5.73 Å². The van der Waals surface area contributed by atoms with Crippen LogP contribution in [0.3, 0.4) is 0 Å². The second kappa shape index (κ2) is 7.25. The number of nitrogens with one attached hydrogen (secondary N) is 1. The number of carbonyl (C=O) groups is 1. The molecule has 0 spiro atoms. The Morgan fingerprint density at radius 1 is 1.20 bits per heavy atom. The van der Waals surface area contributed by atoms with Gasteiger partial charge in [-0.05, 0) is 30.7 Å². The van der Waals surface area contributed by atoms with Gasteiger partial charge in [0, 0.05) is 11.6 Å². The molecule has 3 N–H and O–H groups in total. The molecule has 0 saturated heterocycles. The average Bonchev–Trinajstić information content (AvgIpc) is 3.17. The van der Waals surface area contributed by atoms with Gasteiger partial charge >= 0.3 is 6.18 Å². The molecule has 154 valence electrons. The van der Waals surface area contributed by atoms with Crippen LogP contribution in [0.15, 0.2) is 42.6 Å². The van der Waals surface area contributed by atoms with E-state index in [-0.39, 0.29) is 23.0 Å². The van der Waals surface area contributed by atoms with Crippen LogP contribution in [0.4, 0.5) is 19.1 Å². The van der Waals surface area contributed by atoms with Crippen molar-refractivity contribution in [2.24, 2.45) is 5.73 Å². The number of nitrogens with zero attached hydrogens (tertiary/aromatic N) is 5. The third kappa shape index (κ3) is 3.38. The van der Waals surface area contributed by atoms with Crippen molar-refractivity contribution in [3.63, 3.8) is 0 Å². The van der Waals surface area contributed by atoms with Crippen LogP contribution in [-0.4, -0.2) is 36.5 Å². The number of carbonyl (C=O) groups excluding carboxylic acids is 1. The lowest BCUT2D eigenvalue weighted by Crippen LogP contribution is -2.35. The van der Waals surface area contributed by atoms with Crippen molar-refractivity contribution in [1.29, 1.82) is 0 Å². The SMILES string of the molecule is CC[C@@H](Nc1nc2ccccc2c2nc(-c3cccnc3C(F)(F)F)nn12)C(N)=O. The van der Waals surface area contributed by atoms with Crippen LogP contribution in [-0.2, 0) is 11.0 Å². The number of rotatable bonds is 5. The number of halogens is 3. The summed E-state index contributed by atoms with van der Waals surface area (Å²) in [7, 11) is 0. The Kier molecular flexibility index (Phi) is 4.72. The third-order valence-electron chi connectivity index (χ3n) is 4.55. The number of pyridine rings is 1. The zero-order valence-electron chi connectivity index (χ0n) is 15.7. The van der Waals surface area contributed by atoms with Crippen molar-refractivity contribution in [2.75, 3.05) is 5.32 Å². The molecular weight excluding hydrogens is 399 g/mol. The molecule has 4 rings (SSSR count). The Morgan fingerprint density at radius 2 is 1.97 bits per heavy atom. The van der Waals surface area contributed by atoms with Gasteiger partial charge in [-0.15, -0.1) is 5.10 Å². The van der Waals surface area contributed by atoms with Crippen LogP contribution in [0.1, 0.15) is 19.0 Å². The molecule has 1 atom stereocenters. The van der Waals surface area contributed by atoms with Crippen molar-refractivity contribution < 1.29 is 18.0 Å². The highest BCUT2D eigenvalue weighted by atomic mass is 19.4. The summed E-state index contributed by atoms with van der Waals surface area (Å²) in [4.78, 5) is 23.9. The quantitative estimate of drug-likeness (QED) is 0.518. The topological polar surface area (TPSA) is 111 Å². The van der Waals surface area contributed by atoms with E-state index in [2.05, 4.69) is 25.4 Å². The van der Waals surface area contributed by atoms with Crippen LogP contribution >= 0.6 is 0 Å². The predicted octanol–water partition coefficient (Wildman–Crippen LogP) is 3.03. The van der Waals surface area contributed by atoms with E-state index >= 15 is 0 Å². The molecule has 11 heteroatoms. The van der Waals surface area contributed by atoms with E-state index in [1.54, 1.807) is 31.2 Å². The number of aromatic nitrogens is 5. The van der Waals surface area contributed by atoms with E-state index in [1.807, 2.05) is 0 Å². The fourth-order valence-electron chi connectivity index (χ4n) is 3.11. The van der Waals surface area contributed by atoms with E-state index in [9.17, 15) is 18.0 Å². The molecule has 30 heavy (non-hydrogen) atoms. The van der Waals surface area contributed by atoms with Crippen molar-refractivity contribution in [1.82, 2.24) is 24.6 Å². The van der Waals surface area contributed by atoms with Crippen molar-refractivity contribution in [2.45, 2.75) is 25.6 Å². The summed E-state index contributed by atoms with van der Waals surface area (Å²) in [6.45, 7) is 1.76. The van der Waals surface area contributed by atoms with Crippen molar-refractivity contribution in [3.8, 4) is 11.4 Å². The summed E-state index contributed by atoms with van der Waals surface area (Å²) >= 11 is 0. The maximum Gasteiger partial charge on any atom is 0.434 e. The number of anilines is 1. The Bertz CT molecular complexity index is 1250. The fourth-order valence-corrected chi connectivity index (χ4v) is 3.11. The molecule has 3 heterocycles. The van der Waals surface area contributed by atoms with Gasteiger partial charge in [-0.1, -0.05) is 19.1 Å². The molecule has 0 bridgehead atoms. The second-order valence-electron chi connectivity index (χ2n) is 6.53. The number of benzene rings is 1. The zero-order chi connectivity index (χ0) is 21.5. The van der Waals surface area contributed by atoms with Gasteiger partial charge in [-0.25, -0.2) is 9.97 Å². The molecule has 1 amide bonds. The largest absolute Gasteiger partial charge is 0.434 e. The first-order chi connectivity index (χ1) is 14.3. The maximum atomic E-state index is 13.4. The summed E-state index contributed by atoms with van der Waals surface area (Å²) in [5.41, 5.74) is 4.88. The minimum atomic E-state index is -4.67. The Labute approximate surface area is 168 Å². The molecule has 0 unspecified atom stereocenters. The predicted molar refractivity (Wildman–Crippen MR) is 103 cm³/mol. The smallest absolute Gasteiger partial charge is 0.368 e. The molecular formula is C19H16F3N7O. The first-order valence-electron chi connectivity index (χ1n) is 9.03. The minimum Gasteiger partial charge on any atom is -0.368 e. The van der Waals surface area contributed by atoms with Crippen molar-refractivity contribution >= 4 is 28.4 Å². The van der Waals surface area contributed by atoms with Gasteiger partial charge in [0.1, 0.15) is 6.04 Å². The molecule has 0 saturated carbocycles. The van der Waals surface area contributed by atoms with Gasteiger partial charge in [0.2, 0.25) is 11.9 Å². The van der Waals surface area contributed by atoms with Crippen LogP contribution in [0, 0.1) is 0 Å². The number of nitrogens with two attached hydrogens (primary N) is 1. The lowest BCUT2D eigenvalue weighted by Gasteiger charge is -2.15. The number of para-hydroxylation sites is 1. The first kappa shape index (κ1) is 19.6. The molecule has 1 aromatic carbocycles. The number of fused-ring (bicyclic) bond motifs is 3. The number of amides is 1. The standard InChI is InChI=1S/C19H16F3N7O/c1-2-12(15(23)30)25-18-26-13-8-4-3-6-10(13)17-27-16(28-29(17)18)11-7-5-9-24-14(11)19(20,21)22/h3-9,12H,2H2,1H3,(H2,23,30)(H,25,26)/t12-/m1/s1. The van der Waals surface area contributed by atoms with E-state index < -0.39 is 23.8 Å². The van der Waals surface area contributed by atoms with Gasteiger partial charge < -0.3 is 11.1 Å². The molecule has 0 radical (unpaired) electrons. The highest BCUT2D eigenvalue weighted by Crippen LogP contribution is 2.35. The van der Waals surface area contributed by atoms with Gasteiger partial charge in [-0.3, -0.25) is 9.78 Å². The fraction of sp³-hybridized carbons (Fsp3) is 0.211. The van der Waals surface area contributed by atoms with E-state index in [0.717, 1.165) is 6.20 Å². The lowest BCUT2D eigenvalue weighted by atomic mass is 10.2. The maximum absolute atomic E-state index is 13.4. The summed E-state index contributed by atoms with van der Waals surface area (Å²) in [5.74, 6) is -0.609. The number of alkyl halides is 3. The Hall–Kier alpha value is -3.76. The van der Waals surface area contributed by atoms with Crippen LogP contribution in [0.25, 0.3) is 27.9 Å². The molecule has 4 aromatic rings. The van der Waals surface area contributed by atoms with Gasteiger partial charge in [0.05, 0.1) is 11.1 Å². The van der Waals surface area contributed by atoms with Crippen molar-refractivity contribution in [3.05, 3.63) is 48.3 Å². The van der Waals surface area contributed by atoms with E-state index in [0.29, 0.717) is 17.3 Å². The number of hydrogen-bond donors (Lipinski definition) is 2. The second-order valence-corrected chi connectivity index (χ2v) is 6.53. The first-order valence-corrected chi connectivity index (χ1v) is 9.03. The normalized spacial score (nSPS) is 12.9. The van der Waals surface area contributed by atoms with Gasteiger partial charge in [-0.2, -0.15) is 17.7 Å². The minimum absolute atomic E-state index is 0.144. The van der Waals surface area contributed by atoms with E-state index in [1.165, 1.54) is 16.6 Å². The number of primary amides is 1. The van der Waals surface area contributed by atoms with Gasteiger partial charge in [0.15, 0.2) is 17.2 Å². The lowest BCUT2D eigenvalue weighted by molar-refractivity contribution is -0.140. The van der Waals surface area contributed by atoms with Crippen LogP contribution in [0.2, 0.25) is 0 Å². The third-order valence-corrected chi connectivity index (χ3v) is 4.55. The molecule has 0 aliphatic heterocycles. The summed E-state index contributed by atoms with van der Waals surface area (Å²) in [6.07, 6.45) is -3.23. The highest BCUT2D eigenvalue weighted by molar-refractivity contribution is 5.93. The van der Waals surface area contributed by atoms with Crippen LogP contribution < -0.4 is 11.1 Å². The molecule has 0 aliphatic carbocycles. The summed E-state index contributed by atoms with van der Waals surface area (Å²) in [6, 6.07) is 8.89. The van der Waals surface area contributed by atoms with Crippen LogP contribution in [0.5, 0.6) is 0 Å². The molecule has 8 nitrogen and oxygen atoms in total. The molecule has 3 aromatic heterocycles. The monoisotopic (exact) mass is 415 g/mol. The number of hydrogen-bond acceptors (Lipinski definition) is 6. The zero-order valence-corrected chi connectivity index (χ0v) is 15.7. The summed E-state index contributed by atoms with van der Waals surface area (Å²) in [5, 5.41) is 7.74. The average molecular weight is 415 g/mol. The molecule has 0 fully saturated rings. The Balaban J connectivity index is 1.97. The highest BCUT2D eigenvalue weighted by Gasteiger charge is 2.36. The summed E-state index contributed by atoms with van der Waals surface area (Å²) < 4.78 is 41.6. The molecule has 0 aliphatic rings.